The van der Waals surface area contributed by atoms with Crippen LogP contribution in [0.25, 0.3) is 22.3 Å². The summed E-state index contributed by atoms with van der Waals surface area (Å²) in [6.07, 6.45) is 4.26. The number of hydrogen-bond donors (Lipinski definition) is 2. The second kappa shape index (κ2) is 22.8. The summed E-state index contributed by atoms with van der Waals surface area (Å²) in [5.74, 6) is 0.0131. The zero-order chi connectivity index (χ0) is 46.3. The Balaban J connectivity index is 0.000000186. The van der Waals surface area contributed by atoms with E-state index in [1.165, 1.54) is 22.3 Å². The van der Waals surface area contributed by atoms with Crippen LogP contribution in [0.15, 0.2) is 146 Å². The van der Waals surface area contributed by atoms with Crippen molar-refractivity contribution in [3.63, 3.8) is 0 Å². The van der Waals surface area contributed by atoms with Gasteiger partial charge >= 0.3 is 0 Å². The number of amides is 1. The van der Waals surface area contributed by atoms with E-state index in [1.807, 2.05) is 65.6 Å². The van der Waals surface area contributed by atoms with Gasteiger partial charge in [-0.15, -0.1) is 0 Å². The average molecular weight is 892 g/mol. The van der Waals surface area contributed by atoms with Crippen molar-refractivity contribution in [1.82, 2.24) is 15.5 Å². The minimum absolute atomic E-state index is 0.0102. The summed E-state index contributed by atoms with van der Waals surface area (Å²) in [6, 6.07) is 53.7. The van der Waals surface area contributed by atoms with Crippen LogP contribution in [0.4, 0.5) is 0 Å². The molecule has 3 fully saturated rings. The molecule has 3 saturated heterocycles. The summed E-state index contributed by atoms with van der Waals surface area (Å²) in [7, 11) is 0. The molecule has 3 aliphatic rings. The van der Waals surface area contributed by atoms with Crippen LogP contribution in [-0.2, 0) is 38.3 Å². The van der Waals surface area contributed by atoms with Crippen LogP contribution in [0.5, 0.6) is 0 Å². The largest absolute Gasteiger partial charge is 0.378 e. The number of carbonyl (C=O) groups is 1. The molecule has 0 aliphatic carbocycles. The number of piperidine rings is 2. The Morgan fingerprint density at radius 3 is 1.49 bits per heavy atom. The van der Waals surface area contributed by atoms with E-state index in [9.17, 15) is 10.1 Å². The Morgan fingerprint density at radius 1 is 0.582 bits per heavy atom. The molecule has 0 unspecified atom stereocenters. The summed E-state index contributed by atoms with van der Waals surface area (Å²) >= 11 is 0. The molecule has 67 heavy (non-hydrogen) atoms. The van der Waals surface area contributed by atoms with E-state index < -0.39 is 0 Å². The van der Waals surface area contributed by atoms with Crippen LogP contribution in [0.3, 0.4) is 0 Å². The molecule has 3 aliphatic heterocycles. The molecule has 3 heterocycles. The van der Waals surface area contributed by atoms with Crippen molar-refractivity contribution >= 4 is 5.91 Å². The molecule has 6 aromatic carbocycles. The van der Waals surface area contributed by atoms with Gasteiger partial charge in [-0.3, -0.25) is 4.79 Å². The first-order valence-electron chi connectivity index (χ1n) is 23.7. The maximum absolute atomic E-state index is 13.4. The summed E-state index contributed by atoms with van der Waals surface area (Å²) in [5, 5.41) is 25.2. The highest BCUT2D eigenvalue weighted by Gasteiger charge is 2.35. The minimum Gasteiger partial charge on any atom is -0.378 e. The lowest BCUT2D eigenvalue weighted by atomic mass is 9.74. The summed E-state index contributed by atoms with van der Waals surface area (Å²) in [5.41, 5.74) is 12.3. The van der Waals surface area contributed by atoms with Gasteiger partial charge < -0.3 is 29.7 Å². The maximum Gasteiger partial charge on any atom is 0.254 e. The highest BCUT2D eigenvalue weighted by molar-refractivity contribution is 5.96. The van der Waals surface area contributed by atoms with Gasteiger partial charge in [-0.2, -0.15) is 10.5 Å². The molecule has 0 atom stereocenters. The summed E-state index contributed by atoms with van der Waals surface area (Å²) in [4.78, 5) is 15.2. The molecule has 342 valence electrons. The number of rotatable bonds is 13. The minimum atomic E-state index is -0.0102. The SMILES string of the molecule is Cc1cc(COCC2(c3ccccc3)CCNCC2)cc(-c2ccc(C#N)cc2)c1.N#Cc1ccc(-c2cc(COCC3(c4ccccc4)CCNCC3)cc(C(=O)N3CCOCC3)c2)cc1. The van der Waals surface area contributed by atoms with Gasteiger partial charge in [0, 0.05) is 29.5 Å². The highest BCUT2D eigenvalue weighted by atomic mass is 16.5. The molecule has 0 saturated carbocycles. The van der Waals surface area contributed by atoms with Crippen molar-refractivity contribution in [2.24, 2.45) is 0 Å². The molecule has 0 spiro atoms. The summed E-state index contributed by atoms with van der Waals surface area (Å²) < 4.78 is 18.2. The number of morpholine rings is 1. The molecule has 0 aromatic heterocycles. The van der Waals surface area contributed by atoms with Gasteiger partial charge in [0.1, 0.15) is 0 Å². The van der Waals surface area contributed by atoms with Crippen molar-refractivity contribution in [3.8, 4) is 34.4 Å². The maximum atomic E-state index is 13.4. The lowest BCUT2D eigenvalue weighted by Gasteiger charge is -2.38. The van der Waals surface area contributed by atoms with E-state index in [0.29, 0.717) is 62.8 Å². The molecular formula is C58H61N5O4. The van der Waals surface area contributed by atoms with Crippen molar-refractivity contribution in [1.29, 1.82) is 10.5 Å². The number of benzene rings is 6. The van der Waals surface area contributed by atoms with E-state index in [1.54, 1.807) is 0 Å². The third-order valence-corrected chi connectivity index (χ3v) is 13.6. The highest BCUT2D eigenvalue weighted by Crippen LogP contribution is 2.36. The Hall–Kier alpha value is -6.43. The van der Waals surface area contributed by atoms with E-state index in [4.69, 9.17) is 19.5 Å². The van der Waals surface area contributed by atoms with Gasteiger partial charge in [0.25, 0.3) is 5.91 Å². The molecule has 2 N–H and O–H groups in total. The second-order valence-corrected chi connectivity index (χ2v) is 18.2. The molecule has 9 heteroatoms. The van der Waals surface area contributed by atoms with Crippen LogP contribution < -0.4 is 10.6 Å². The second-order valence-electron chi connectivity index (χ2n) is 18.2. The van der Waals surface area contributed by atoms with E-state index >= 15 is 0 Å². The third kappa shape index (κ3) is 12.1. The number of hydrogen-bond acceptors (Lipinski definition) is 8. The Bertz CT molecular complexity index is 2620. The van der Waals surface area contributed by atoms with E-state index in [2.05, 4.69) is 115 Å². The Labute approximate surface area is 396 Å². The standard InChI is InChI=1S/C31H33N3O3.C27H28N2O/c32-21-24-6-8-26(9-7-24)27-18-25(19-28(20-27)30(35)34-14-16-36-17-15-34)22-37-23-31(10-12-33-13-11-31)29-4-2-1-3-5-29;1-21-15-23(17-25(16-21)24-9-7-22(18-28)8-10-24)19-30-20-27(11-13-29-14-12-27)26-5-3-2-4-6-26/h1-9,18-20,33H,10-17,22-23H2;2-10,15-17,29H,11-14,19-20H2,1H3. The molecule has 0 radical (unpaired) electrons. The fraction of sp³-hybridized carbons (Fsp3) is 0.328. The smallest absolute Gasteiger partial charge is 0.254 e. The lowest BCUT2D eigenvalue weighted by molar-refractivity contribution is 0.0302. The quantitative estimate of drug-likeness (QED) is 0.118. The van der Waals surface area contributed by atoms with Crippen molar-refractivity contribution in [2.75, 3.05) is 65.7 Å². The van der Waals surface area contributed by atoms with Crippen LogP contribution in [-0.4, -0.2) is 76.5 Å². The van der Waals surface area contributed by atoms with Gasteiger partial charge in [-0.05, 0) is 152 Å². The van der Waals surface area contributed by atoms with Crippen LogP contribution in [0.2, 0.25) is 0 Å². The van der Waals surface area contributed by atoms with Gasteiger partial charge in [0.05, 0.1) is 62.9 Å². The first-order chi connectivity index (χ1) is 32.8. The molecule has 0 bridgehead atoms. The van der Waals surface area contributed by atoms with Gasteiger partial charge in [0.15, 0.2) is 0 Å². The first kappa shape index (κ1) is 47.1. The molecule has 6 aromatic rings. The predicted molar refractivity (Wildman–Crippen MR) is 264 cm³/mol. The Kier molecular flexibility index (Phi) is 16.1. The van der Waals surface area contributed by atoms with Crippen LogP contribution >= 0.6 is 0 Å². The third-order valence-electron chi connectivity index (χ3n) is 13.6. The molecular weight excluding hydrogens is 831 g/mol. The van der Waals surface area contributed by atoms with Crippen molar-refractivity contribution in [2.45, 2.75) is 56.7 Å². The van der Waals surface area contributed by atoms with Crippen molar-refractivity contribution in [3.05, 3.63) is 190 Å². The average Bonchev–Trinajstić information content (AvgIpc) is 3.40. The molecule has 9 rings (SSSR count). The van der Waals surface area contributed by atoms with Gasteiger partial charge in [-0.1, -0.05) is 103 Å². The fourth-order valence-corrected chi connectivity index (χ4v) is 9.76. The van der Waals surface area contributed by atoms with Crippen molar-refractivity contribution < 1.29 is 19.0 Å². The number of aryl methyl sites for hydroxylation is 1. The van der Waals surface area contributed by atoms with Crippen LogP contribution in [0.1, 0.15) is 75.0 Å². The monoisotopic (exact) mass is 891 g/mol. The van der Waals surface area contributed by atoms with E-state index in [-0.39, 0.29) is 16.7 Å². The number of nitrogens with zero attached hydrogens (tertiary/aromatic N) is 3. The molecule has 1 amide bonds. The normalized spacial score (nSPS) is 16.4. The van der Waals surface area contributed by atoms with Crippen LogP contribution in [0, 0.1) is 29.6 Å². The zero-order valence-electron chi connectivity index (χ0n) is 38.6. The lowest BCUT2D eigenvalue weighted by Crippen LogP contribution is -2.43. The van der Waals surface area contributed by atoms with E-state index in [0.717, 1.165) is 86.3 Å². The first-order valence-corrected chi connectivity index (χ1v) is 23.7. The zero-order valence-corrected chi connectivity index (χ0v) is 38.6. The number of ether oxygens (including phenoxy) is 3. The molecule has 9 nitrogen and oxygen atoms in total. The number of nitrogens with one attached hydrogen (secondary N) is 2. The summed E-state index contributed by atoms with van der Waals surface area (Å²) in [6.45, 7) is 10.9. The van der Waals surface area contributed by atoms with Gasteiger partial charge in [-0.25, -0.2) is 0 Å². The Morgan fingerprint density at radius 2 is 1.03 bits per heavy atom. The number of carbonyl (C=O) groups excluding carboxylic acids is 1. The predicted octanol–water partition coefficient (Wildman–Crippen LogP) is 9.91. The van der Waals surface area contributed by atoms with Gasteiger partial charge in [0.2, 0.25) is 0 Å². The fourth-order valence-electron chi connectivity index (χ4n) is 9.76. The topological polar surface area (TPSA) is 120 Å². The number of nitriles is 2.